The molecule has 0 aromatic rings. The van der Waals surface area contributed by atoms with Gasteiger partial charge in [-0.2, -0.15) is 0 Å². The van der Waals surface area contributed by atoms with E-state index in [1.54, 1.807) is 12.5 Å². The summed E-state index contributed by atoms with van der Waals surface area (Å²) < 4.78 is 5.45. The van der Waals surface area contributed by atoms with Gasteiger partial charge in [-0.3, -0.25) is 0 Å². The lowest BCUT2D eigenvalue weighted by Gasteiger charge is -2.03. The van der Waals surface area contributed by atoms with Crippen LogP contribution in [0.25, 0.3) is 0 Å². The molecule has 0 saturated heterocycles. The predicted octanol–water partition coefficient (Wildman–Crippen LogP) is 5.08. The maximum Gasteiger partial charge on any atom is 0.0899 e. The second-order valence-corrected chi connectivity index (χ2v) is 3.66. The number of allylic oxidation sites excluding steroid dienone is 6. The van der Waals surface area contributed by atoms with Crippen molar-refractivity contribution in [3.8, 4) is 0 Å². The van der Waals surface area contributed by atoms with E-state index in [-0.39, 0.29) is 0 Å². The minimum absolute atomic E-state index is 0.818. The zero-order valence-corrected chi connectivity index (χ0v) is 10.5. The van der Waals surface area contributed by atoms with Gasteiger partial charge in [-0.1, -0.05) is 24.3 Å². The van der Waals surface area contributed by atoms with E-state index in [1.807, 2.05) is 24.3 Å². The molecule has 0 fully saturated rings. The average molecular weight is 230 g/mol. The second kappa shape index (κ2) is 10.7. The smallest absolute Gasteiger partial charge is 0.0899 e. The van der Waals surface area contributed by atoms with Crippen LogP contribution < -0.4 is 0 Å². The van der Waals surface area contributed by atoms with Gasteiger partial charge in [0.15, 0.2) is 0 Å². The van der Waals surface area contributed by atoms with Crippen LogP contribution in [-0.2, 0) is 4.74 Å². The van der Waals surface area contributed by atoms with Gasteiger partial charge in [-0.25, -0.2) is 0 Å². The van der Waals surface area contributed by atoms with Crippen LogP contribution >= 0.6 is 0 Å². The summed E-state index contributed by atoms with van der Waals surface area (Å²) in [6.07, 6.45) is 14.2. The Morgan fingerprint density at radius 2 is 0.941 bits per heavy atom. The molecule has 0 aliphatic rings. The van der Waals surface area contributed by atoms with Gasteiger partial charge >= 0.3 is 0 Å². The van der Waals surface area contributed by atoms with E-state index in [4.69, 9.17) is 4.74 Å². The summed E-state index contributed by atoms with van der Waals surface area (Å²) in [6, 6.07) is 0. The fourth-order valence-corrected chi connectivity index (χ4v) is 1.33. The largest absolute Gasteiger partial charge is 0.473 e. The summed E-state index contributed by atoms with van der Waals surface area (Å²) in [4.78, 5) is 0. The van der Waals surface area contributed by atoms with E-state index in [0.29, 0.717) is 0 Å². The summed E-state index contributed by atoms with van der Waals surface area (Å²) in [7, 11) is 0. The number of hydrogen-bond acceptors (Lipinski definition) is 1. The molecule has 17 heavy (non-hydrogen) atoms. The monoisotopic (exact) mass is 230 g/mol. The summed E-state index contributed by atoms with van der Waals surface area (Å²) in [5.41, 5.74) is 2.31. The number of ether oxygens (including phenoxy) is 1. The van der Waals surface area contributed by atoms with Crippen molar-refractivity contribution >= 4 is 0 Å². The van der Waals surface area contributed by atoms with Gasteiger partial charge in [0.2, 0.25) is 0 Å². The molecule has 0 heterocycles. The SMILES string of the molecule is C=CCC(=COC=C(CC=C)CC=C)CC=C. The molecule has 1 nitrogen and oxygen atoms in total. The molecule has 0 atom stereocenters. The Labute approximate surface area is 105 Å². The number of rotatable bonds is 10. The average Bonchev–Trinajstić information content (AvgIpc) is 2.30. The third kappa shape index (κ3) is 8.09. The van der Waals surface area contributed by atoms with Crippen molar-refractivity contribution < 1.29 is 4.74 Å². The van der Waals surface area contributed by atoms with Gasteiger partial charge in [0.25, 0.3) is 0 Å². The molecule has 0 amide bonds. The molecule has 0 saturated carbocycles. The van der Waals surface area contributed by atoms with Crippen molar-refractivity contribution in [2.75, 3.05) is 0 Å². The number of hydrogen-bond donors (Lipinski definition) is 0. The second-order valence-electron chi connectivity index (χ2n) is 3.66. The summed E-state index contributed by atoms with van der Waals surface area (Å²) >= 11 is 0. The van der Waals surface area contributed by atoms with Crippen molar-refractivity contribution in [1.29, 1.82) is 0 Å². The van der Waals surface area contributed by atoms with E-state index in [2.05, 4.69) is 26.3 Å². The van der Waals surface area contributed by atoms with E-state index in [0.717, 1.165) is 36.8 Å². The molecule has 0 bridgehead atoms. The van der Waals surface area contributed by atoms with Crippen molar-refractivity contribution in [3.63, 3.8) is 0 Å². The quantitative estimate of drug-likeness (QED) is 0.376. The van der Waals surface area contributed by atoms with Crippen LogP contribution in [0.15, 0.2) is 74.3 Å². The van der Waals surface area contributed by atoms with Gasteiger partial charge < -0.3 is 4.74 Å². The molecule has 0 N–H and O–H groups in total. The summed E-state index contributed by atoms with van der Waals surface area (Å²) in [5, 5.41) is 0. The van der Waals surface area contributed by atoms with Crippen LogP contribution in [0, 0.1) is 0 Å². The molecular weight excluding hydrogens is 208 g/mol. The Bertz CT molecular complexity index is 262. The summed E-state index contributed by atoms with van der Waals surface area (Å²) in [5.74, 6) is 0. The van der Waals surface area contributed by atoms with Gasteiger partial charge in [-0.05, 0) is 36.8 Å². The molecule has 0 spiro atoms. The third-order valence-electron chi connectivity index (χ3n) is 2.10. The van der Waals surface area contributed by atoms with E-state index in [9.17, 15) is 0 Å². The highest BCUT2D eigenvalue weighted by atomic mass is 16.5. The molecule has 0 unspecified atom stereocenters. The van der Waals surface area contributed by atoms with Gasteiger partial charge in [0.1, 0.15) is 0 Å². The lowest BCUT2D eigenvalue weighted by Crippen LogP contribution is -1.84. The van der Waals surface area contributed by atoms with E-state index in [1.165, 1.54) is 0 Å². The summed E-state index contributed by atoms with van der Waals surface area (Å²) in [6.45, 7) is 14.8. The zero-order chi connectivity index (χ0) is 12.9. The van der Waals surface area contributed by atoms with Crippen LogP contribution in [0.2, 0.25) is 0 Å². The fraction of sp³-hybridized carbons (Fsp3) is 0.250. The van der Waals surface area contributed by atoms with Crippen molar-refractivity contribution in [2.24, 2.45) is 0 Å². The minimum Gasteiger partial charge on any atom is -0.473 e. The molecule has 0 rings (SSSR count). The zero-order valence-electron chi connectivity index (χ0n) is 10.5. The van der Waals surface area contributed by atoms with Crippen molar-refractivity contribution in [1.82, 2.24) is 0 Å². The van der Waals surface area contributed by atoms with Gasteiger partial charge in [-0.15, -0.1) is 26.3 Å². The third-order valence-corrected chi connectivity index (χ3v) is 2.10. The Hall–Kier alpha value is -1.76. The van der Waals surface area contributed by atoms with Gasteiger partial charge in [0.05, 0.1) is 12.5 Å². The molecule has 0 aliphatic carbocycles. The lowest BCUT2D eigenvalue weighted by molar-refractivity contribution is 0.389. The molecule has 1 heteroatoms. The fourth-order valence-electron chi connectivity index (χ4n) is 1.33. The highest BCUT2D eigenvalue weighted by molar-refractivity contribution is 5.10. The van der Waals surface area contributed by atoms with Crippen LogP contribution in [-0.4, -0.2) is 0 Å². The van der Waals surface area contributed by atoms with Crippen LogP contribution in [0.5, 0.6) is 0 Å². The first-order valence-corrected chi connectivity index (χ1v) is 5.73. The molecule has 0 radical (unpaired) electrons. The van der Waals surface area contributed by atoms with Crippen molar-refractivity contribution in [3.05, 3.63) is 74.3 Å². The first-order chi connectivity index (χ1) is 8.28. The normalized spacial score (nSPS) is 8.71. The molecule has 0 aliphatic heterocycles. The first-order valence-electron chi connectivity index (χ1n) is 5.73. The molecule has 0 aromatic heterocycles. The predicted molar refractivity (Wildman–Crippen MR) is 76.5 cm³/mol. The highest BCUT2D eigenvalue weighted by Crippen LogP contribution is 2.11. The van der Waals surface area contributed by atoms with Gasteiger partial charge in [0, 0.05) is 0 Å². The Morgan fingerprint density at radius 1 is 0.647 bits per heavy atom. The van der Waals surface area contributed by atoms with E-state index >= 15 is 0 Å². The first kappa shape index (κ1) is 15.2. The molecule has 92 valence electrons. The van der Waals surface area contributed by atoms with Crippen molar-refractivity contribution in [2.45, 2.75) is 25.7 Å². The lowest BCUT2D eigenvalue weighted by atomic mass is 10.1. The van der Waals surface area contributed by atoms with E-state index < -0.39 is 0 Å². The highest BCUT2D eigenvalue weighted by Gasteiger charge is 1.94. The maximum atomic E-state index is 5.45. The minimum atomic E-state index is 0.818. The van der Waals surface area contributed by atoms with Crippen LogP contribution in [0.4, 0.5) is 0 Å². The topological polar surface area (TPSA) is 9.23 Å². The molecular formula is C16H22O. The van der Waals surface area contributed by atoms with Crippen LogP contribution in [0.3, 0.4) is 0 Å². The van der Waals surface area contributed by atoms with Crippen LogP contribution in [0.1, 0.15) is 25.7 Å². The Balaban J connectivity index is 4.44. The Kier molecular flexibility index (Phi) is 9.64. The molecule has 0 aromatic carbocycles. The standard InChI is InChI=1S/C16H22O/c1-5-9-15(10-6-2)13-17-14-16(11-7-3)12-8-4/h5-8,13-14H,1-4,9-12H2. The Morgan fingerprint density at radius 3 is 1.18 bits per heavy atom. The maximum absolute atomic E-state index is 5.45.